The second kappa shape index (κ2) is 6.30. The lowest BCUT2D eigenvalue weighted by atomic mass is 9.97. The minimum Gasteiger partial charge on any atom is -0.351 e. The van der Waals surface area contributed by atoms with Crippen LogP contribution in [-0.4, -0.2) is 32.1 Å². The van der Waals surface area contributed by atoms with E-state index in [1.165, 1.54) is 67.4 Å². The normalized spacial score (nSPS) is 22.5. The number of nitrogens with zero attached hydrogens (tertiary/aromatic N) is 5. The first-order chi connectivity index (χ1) is 13.4. The van der Waals surface area contributed by atoms with Crippen LogP contribution in [0.3, 0.4) is 0 Å². The number of aryl methyl sites for hydroxylation is 2. The number of hydrogen-bond donors (Lipinski definition) is 0. The number of hydrogen-bond acceptors (Lipinski definition) is 5. The summed E-state index contributed by atoms with van der Waals surface area (Å²) in [7, 11) is 0. The van der Waals surface area contributed by atoms with Crippen LogP contribution in [0.5, 0.6) is 0 Å². The van der Waals surface area contributed by atoms with E-state index >= 15 is 0 Å². The molecule has 1 saturated carbocycles. The fourth-order valence-corrected chi connectivity index (χ4v) is 6.09. The van der Waals surface area contributed by atoms with Crippen molar-refractivity contribution in [3.05, 3.63) is 35.0 Å². The molecule has 1 atom stereocenters. The molecule has 3 aromatic heterocycles. The van der Waals surface area contributed by atoms with Crippen molar-refractivity contribution in [1.29, 1.82) is 0 Å². The number of fused-ring (bicyclic) bond motifs is 3. The molecule has 2 fully saturated rings. The molecule has 0 N–H and O–H groups in total. The summed E-state index contributed by atoms with van der Waals surface area (Å²) in [5.74, 6) is 2.94. The third kappa shape index (κ3) is 2.76. The van der Waals surface area contributed by atoms with E-state index in [-0.39, 0.29) is 0 Å². The van der Waals surface area contributed by atoms with Crippen LogP contribution in [0.15, 0.2) is 18.7 Å². The number of imidazole rings is 1. The summed E-state index contributed by atoms with van der Waals surface area (Å²) >= 11 is 1.95. The van der Waals surface area contributed by atoms with Crippen LogP contribution in [0.25, 0.3) is 10.2 Å². The Balaban J connectivity index is 1.47. The second-order valence-corrected chi connectivity index (χ2v) is 9.40. The first kappa shape index (κ1) is 16.0. The molecular weight excluding hydrogens is 354 g/mol. The monoisotopic (exact) mass is 379 g/mol. The Morgan fingerprint density at radius 1 is 1.07 bits per heavy atom. The van der Waals surface area contributed by atoms with Crippen molar-refractivity contribution in [1.82, 2.24) is 19.5 Å². The van der Waals surface area contributed by atoms with Gasteiger partial charge in [-0.15, -0.1) is 11.3 Å². The summed E-state index contributed by atoms with van der Waals surface area (Å²) in [6.45, 7) is 2.11. The van der Waals surface area contributed by atoms with E-state index < -0.39 is 0 Å². The summed E-state index contributed by atoms with van der Waals surface area (Å²) in [6.07, 6.45) is 16.0. The standard InChI is InChI=1S/C21H25N5S/c1-2-6-17-16(5-1)18-20(23-19(14-7-8-14)24-21(18)27-17)26-10-3-4-15(26)12-25-11-9-22-13-25/h9,11,13-15H,1-8,10,12H2. The van der Waals surface area contributed by atoms with Crippen molar-refractivity contribution in [2.24, 2.45) is 0 Å². The second-order valence-electron chi connectivity index (χ2n) is 8.32. The van der Waals surface area contributed by atoms with Crippen molar-refractivity contribution in [3.63, 3.8) is 0 Å². The zero-order chi connectivity index (χ0) is 17.8. The largest absolute Gasteiger partial charge is 0.351 e. The molecule has 1 unspecified atom stereocenters. The van der Waals surface area contributed by atoms with Gasteiger partial charge in [-0.2, -0.15) is 0 Å². The minimum absolute atomic E-state index is 0.503. The van der Waals surface area contributed by atoms with Gasteiger partial charge in [-0.1, -0.05) is 0 Å². The maximum absolute atomic E-state index is 5.20. The molecule has 6 rings (SSSR count). The smallest absolute Gasteiger partial charge is 0.141 e. The van der Waals surface area contributed by atoms with Gasteiger partial charge < -0.3 is 9.47 Å². The highest BCUT2D eigenvalue weighted by Crippen LogP contribution is 2.45. The molecule has 0 spiro atoms. The Labute approximate surface area is 163 Å². The van der Waals surface area contributed by atoms with Crippen LogP contribution in [-0.2, 0) is 19.4 Å². The molecule has 0 radical (unpaired) electrons. The van der Waals surface area contributed by atoms with E-state index in [1.807, 2.05) is 23.9 Å². The molecule has 2 aliphatic carbocycles. The van der Waals surface area contributed by atoms with Crippen molar-refractivity contribution >= 4 is 27.4 Å². The first-order valence-corrected chi connectivity index (χ1v) is 11.2. The van der Waals surface area contributed by atoms with E-state index in [9.17, 15) is 0 Å². The quantitative estimate of drug-likeness (QED) is 0.678. The Kier molecular flexibility index (Phi) is 3.74. The van der Waals surface area contributed by atoms with Gasteiger partial charge in [-0.3, -0.25) is 0 Å². The number of thiophene rings is 1. The van der Waals surface area contributed by atoms with Crippen LogP contribution in [0, 0.1) is 0 Å². The first-order valence-electron chi connectivity index (χ1n) is 10.4. The fraction of sp³-hybridized carbons (Fsp3) is 0.571. The molecule has 5 nitrogen and oxygen atoms in total. The van der Waals surface area contributed by atoms with Gasteiger partial charge in [0.25, 0.3) is 0 Å². The SMILES string of the molecule is c1cn(CC2CCCN2c2nc(C3CC3)nc3sc4c(c23)CCCC4)cn1. The van der Waals surface area contributed by atoms with Crippen LogP contribution in [0.1, 0.15) is 60.7 Å². The summed E-state index contributed by atoms with van der Waals surface area (Å²) in [4.78, 5) is 19.9. The summed E-state index contributed by atoms with van der Waals surface area (Å²) in [5, 5.41) is 1.39. The molecule has 3 aromatic rings. The van der Waals surface area contributed by atoms with Crippen molar-refractivity contribution in [2.75, 3.05) is 11.4 Å². The highest BCUT2D eigenvalue weighted by atomic mass is 32.1. The fourth-order valence-electron chi connectivity index (χ4n) is 4.83. The van der Waals surface area contributed by atoms with E-state index in [4.69, 9.17) is 9.97 Å². The van der Waals surface area contributed by atoms with Crippen molar-refractivity contribution < 1.29 is 0 Å². The van der Waals surface area contributed by atoms with Crippen LogP contribution < -0.4 is 4.90 Å². The van der Waals surface area contributed by atoms with Gasteiger partial charge in [0, 0.05) is 42.3 Å². The lowest BCUT2D eigenvalue weighted by Gasteiger charge is -2.27. The molecule has 4 heterocycles. The molecule has 1 saturated heterocycles. The van der Waals surface area contributed by atoms with Gasteiger partial charge >= 0.3 is 0 Å². The maximum Gasteiger partial charge on any atom is 0.141 e. The molecule has 3 aliphatic rings. The zero-order valence-electron chi connectivity index (χ0n) is 15.6. The maximum atomic E-state index is 5.20. The van der Waals surface area contributed by atoms with E-state index in [2.05, 4.69) is 20.6 Å². The van der Waals surface area contributed by atoms with Crippen molar-refractivity contribution in [3.8, 4) is 0 Å². The molecule has 0 amide bonds. The van der Waals surface area contributed by atoms with Crippen LogP contribution in [0.2, 0.25) is 0 Å². The average Bonchev–Trinajstić information content (AvgIpc) is 3.08. The number of aromatic nitrogens is 4. The highest BCUT2D eigenvalue weighted by molar-refractivity contribution is 7.19. The van der Waals surface area contributed by atoms with Crippen LogP contribution >= 0.6 is 11.3 Å². The van der Waals surface area contributed by atoms with Crippen molar-refractivity contribution in [2.45, 2.75) is 69.9 Å². The Hall–Kier alpha value is -1.95. The molecule has 0 aromatic carbocycles. The molecule has 6 heteroatoms. The Bertz CT molecular complexity index is 972. The predicted molar refractivity (Wildman–Crippen MR) is 109 cm³/mol. The number of rotatable bonds is 4. The molecular formula is C21H25N5S. The van der Waals surface area contributed by atoms with Gasteiger partial charge in [0.05, 0.1) is 11.7 Å². The molecule has 140 valence electrons. The van der Waals surface area contributed by atoms with Crippen LogP contribution in [0.4, 0.5) is 5.82 Å². The topological polar surface area (TPSA) is 46.8 Å². The van der Waals surface area contributed by atoms with Gasteiger partial charge in [0.15, 0.2) is 0 Å². The molecule has 0 bridgehead atoms. The lowest BCUT2D eigenvalue weighted by molar-refractivity contribution is 0.547. The van der Waals surface area contributed by atoms with Gasteiger partial charge in [-0.05, 0) is 56.9 Å². The Morgan fingerprint density at radius 3 is 2.85 bits per heavy atom. The average molecular weight is 380 g/mol. The minimum atomic E-state index is 0.503. The molecule has 1 aliphatic heterocycles. The van der Waals surface area contributed by atoms with Gasteiger partial charge in [-0.25, -0.2) is 15.0 Å². The Morgan fingerprint density at radius 2 is 2.00 bits per heavy atom. The predicted octanol–water partition coefficient (Wildman–Crippen LogP) is 4.31. The summed E-state index contributed by atoms with van der Waals surface area (Å²) in [5.41, 5.74) is 1.56. The van der Waals surface area contributed by atoms with Gasteiger partial charge in [0.1, 0.15) is 16.5 Å². The van der Waals surface area contributed by atoms with E-state index in [0.717, 1.165) is 18.9 Å². The summed E-state index contributed by atoms with van der Waals surface area (Å²) in [6, 6.07) is 0.503. The van der Waals surface area contributed by atoms with E-state index in [1.54, 1.807) is 10.4 Å². The van der Waals surface area contributed by atoms with E-state index in [0.29, 0.717) is 12.0 Å². The third-order valence-corrected chi connectivity index (χ3v) is 7.57. The zero-order valence-corrected chi connectivity index (χ0v) is 16.4. The highest BCUT2D eigenvalue weighted by Gasteiger charge is 2.33. The number of anilines is 1. The lowest BCUT2D eigenvalue weighted by Crippen LogP contribution is -2.33. The van der Waals surface area contributed by atoms with Gasteiger partial charge in [0.2, 0.25) is 0 Å². The summed E-state index contributed by atoms with van der Waals surface area (Å²) < 4.78 is 2.21. The third-order valence-electron chi connectivity index (χ3n) is 6.39. The molecule has 27 heavy (non-hydrogen) atoms.